The number of oxazole rings is 1. The predicted molar refractivity (Wildman–Crippen MR) is 125 cm³/mol. The monoisotopic (exact) mass is 417 g/mol. The number of aryl methyl sites for hydroxylation is 1. The van der Waals surface area contributed by atoms with Gasteiger partial charge in [0, 0.05) is 25.7 Å². The van der Waals surface area contributed by atoms with Crippen LogP contribution in [0, 0.1) is 6.92 Å². The van der Waals surface area contributed by atoms with Crippen LogP contribution in [0.15, 0.2) is 64.2 Å². The van der Waals surface area contributed by atoms with Crippen molar-refractivity contribution in [2.45, 2.75) is 39.4 Å². The van der Waals surface area contributed by atoms with Crippen LogP contribution in [0.5, 0.6) is 0 Å². The van der Waals surface area contributed by atoms with Crippen molar-refractivity contribution in [3.63, 3.8) is 0 Å². The number of guanidine groups is 1. The number of nitrogens with zero attached hydrogens (tertiary/aromatic N) is 3. The first-order chi connectivity index (χ1) is 15.2. The van der Waals surface area contributed by atoms with E-state index in [2.05, 4.69) is 68.8 Å². The summed E-state index contributed by atoms with van der Waals surface area (Å²) >= 11 is 0. The molecule has 0 spiro atoms. The highest BCUT2D eigenvalue weighted by Gasteiger charge is 2.11. The van der Waals surface area contributed by atoms with Crippen LogP contribution in [-0.4, -0.2) is 36.0 Å². The van der Waals surface area contributed by atoms with Crippen LogP contribution in [0.4, 0.5) is 0 Å². The van der Waals surface area contributed by atoms with E-state index in [0.29, 0.717) is 12.4 Å². The summed E-state index contributed by atoms with van der Waals surface area (Å²) in [6.45, 7) is 6.84. The van der Waals surface area contributed by atoms with Gasteiger partial charge in [-0.05, 0) is 56.1 Å². The minimum atomic E-state index is 0.545. The molecule has 6 nitrogen and oxygen atoms in total. The van der Waals surface area contributed by atoms with Gasteiger partial charge in [-0.1, -0.05) is 42.0 Å². The first kappa shape index (κ1) is 21.1. The van der Waals surface area contributed by atoms with Gasteiger partial charge in [0.25, 0.3) is 0 Å². The van der Waals surface area contributed by atoms with E-state index in [1.165, 1.54) is 42.6 Å². The second-order valence-corrected chi connectivity index (χ2v) is 8.09. The van der Waals surface area contributed by atoms with E-state index in [1.54, 1.807) is 13.3 Å². The Bertz CT molecular complexity index is 986. The lowest BCUT2D eigenvalue weighted by atomic mass is 10.1. The van der Waals surface area contributed by atoms with Crippen LogP contribution >= 0.6 is 0 Å². The molecule has 2 N–H and O–H groups in total. The Labute approximate surface area is 184 Å². The van der Waals surface area contributed by atoms with Crippen molar-refractivity contribution < 1.29 is 4.42 Å². The summed E-state index contributed by atoms with van der Waals surface area (Å²) < 4.78 is 5.63. The average Bonchev–Trinajstić information content (AvgIpc) is 3.48. The topological polar surface area (TPSA) is 65.7 Å². The highest BCUT2D eigenvalue weighted by molar-refractivity contribution is 5.79. The molecule has 0 unspecified atom stereocenters. The second-order valence-electron chi connectivity index (χ2n) is 8.09. The van der Waals surface area contributed by atoms with Crippen molar-refractivity contribution >= 4 is 5.96 Å². The third kappa shape index (κ3) is 5.95. The molecular weight excluding hydrogens is 386 g/mol. The molecule has 0 radical (unpaired) electrons. The summed E-state index contributed by atoms with van der Waals surface area (Å²) in [6, 6.07) is 17.0. The highest BCUT2D eigenvalue weighted by Crippen LogP contribution is 2.19. The van der Waals surface area contributed by atoms with Gasteiger partial charge < -0.3 is 15.1 Å². The van der Waals surface area contributed by atoms with Crippen molar-refractivity contribution in [2.75, 3.05) is 20.1 Å². The molecule has 6 heteroatoms. The fourth-order valence-corrected chi connectivity index (χ4v) is 3.76. The minimum absolute atomic E-state index is 0.545. The smallest absolute Gasteiger partial charge is 0.226 e. The van der Waals surface area contributed by atoms with Crippen LogP contribution in [0.2, 0.25) is 0 Å². The Kier molecular flexibility index (Phi) is 6.99. The Morgan fingerprint density at radius 2 is 1.65 bits per heavy atom. The molecular formula is C25H31N5O. The number of benzene rings is 2. The van der Waals surface area contributed by atoms with Crippen molar-refractivity contribution in [3.05, 3.63) is 77.2 Å². The Balaban J connectivity index is 1.25. The van der Waals surface area contributed by atoms with Gasteiger partial charge in [0.05, 0.1) is 12.2 Å². The van der Waals surface area contributed by atoms with E-state index in [0.717, 1.165) is 30.3 Å². The molecule has 1 aliphatic heterocycles. The Hall–Kier alpha value is -3.12. The van der Waals surface area contributed by atoms with Crippen LogP contribution in [-0.2, 0) is 19.6 Å². The third-order valence-electron chi connectivity index (χ3n) is 5.60. The van der Waals surface area contributed by atoms with E-state index >= 15 is 0 Å². The van der Waals surface area contributed by atoms with Crippen molar-refractivity contribution in [3.8, 4) is 11.5 Å². The van der Waals surface area contributed by atoms with E-state index in [-0.39, 0.29) is 0 Å². The molecule has 1 aromatic heterocycles. The molecule has 1 aliphatic rings. The zero-order valence-corrected chi connectivity index (χ0v) is 18.4. The molecule has 162 valence electrons. The quantitative estimate of drug-likeness (QED) is 0.447. The van der Waals surface area contributed by atoms with Gasteiger partial charge >= 0.3 is 0 Å². The van der Waals surface area contributed by atoms with Crippen molar-refractivity contribution in [2.24, 2.45) is 4.99 Å². The summed E-state index contributed by atoms with van der Waals surface area (Å²) in [5.41, 5.74) is 5.64. The lowest BCUT2D eigenvalue weighted by Gasteiger charge is -2.15. The van der Waals surface area contributed by atoms with Crippen molar-refractivity contribution in [1.29, 1.82) is 0 Å². The summed E-state index contributed by atoms with van der Waals surface area (Å²) in [6.07, 6.45) is 4.35. The van der Waals surface area contributed by atoms with Gasteiger partial charge in [0.1, 0.15) is 6.26 Å². The van der Waals surface area contributed by atoms with Gasteiger partial charge in [-0.25, -0.2) is 4.98 Å². The standard InChI is InChI=1S/C25H31N5O/c1-19-5-11-22(12-6-19)24-29-23(18-31-24)16-28-25(26-2)27-15-20-7-9-21(10-8-20)17-30-13-3-4-14-30/h5-12,18H,3-4,13-17H2,1-2H3,(H2,26,27,28). The zero-order valence-electron chi connectivity index (χ0n) is 18.4. The molecule has 0 saturated carbocycles. The SMILES string of the molecule is CN=C(NCc1ccc(CN2CCCC2)cc1)NCc1coc(-c2ccc(C)cc2)n1. The van der Waals surface area contributed by atoms with Crippen LogP contribution < -0.4 is 10.6 Å². The molecule has 0 aliphatic carbocycles. The number of aliphatic imine (C=N–C) groups is 1. The molecule has 2 aromatic carbocycles. The number of hydrogen-bond donors (Lipinski definition) is 2. The number of rotatable bonds is 7. The van der Waals surface area contributed by atoms with Crippen molar-refractivity contribution in [1.82, 2.24) is 20.5 Å². The maximum atomic E-state index is 5.63. The van der Waals surface area contributed by atoms with E-state index in [4.69, 9.17) is 4.42 Å². The predicted octanol–water partition coefficient (Wildman–Crippen LogP) is 4.11. The number of aromatic nitrogens is 1. The number of hydrogen-bond acceptors (Lipinski definition) is 4. The van der Waals surface area contributed by atoms with Gasteiger partial charge in [0.2, 0.25) is 5.89 Å². The highest BCUT2D eigenvalue weighted by atomic mass is 16.3. The van der Waals surface area contributed by atoms with Gasteiger partial charge in [-0.2, -0.15) is 0 Å². The maximum Gasteiger partial charge on any atom is 0.226 e. The summed E-state index contributed by atoms with van der Waals surface area (Å²) in [4.78, 5) is 11.4. The first-order valence-corrected chi connectivity index (χ1v) is 11.0. The number of likely N-dealkylation sites (tertiary alicyclic amines) is 1. The molecule has 0 bridgehead atoms. The minimum Gasteiger partial charge on any atom is -0.444 e. The van der Waals surface area contributed by atoms with E-state index in [9.17, 15) is 0 Å². The molecule has 2 heterocycles. The lowest BCUT2D eigenvalue weighted by molar-refractivity contribution is 0.331. The normalized spacial score (nSPS) is 14.7. The third-order valence-corrected chi connectivity index (χ3v) is 5.60. The molecule has 1 fully saturated rings. The van der Waals surface area contributed by atoms with Gasteiger partial charge in [-0.15, -0.1) is 0 Å². The van der Waals surface area contributed by atoms with Gasteiger partial charge in [0.15, 0.2) is 5.96 Å². The van der Waals surface area contributed by atoms with Gasteiger partial charge in [-0.3, -0.25) is 9.89 Å². The first-order valence-electron chi connectivity index (χ1n) is 11.0. The molecule has 31 heavy (non-hydrogen) atoms. The van der Waals surface area contributed by atoms with Crippen LogP contribution in [0.1, 0.15) is 35.2 Å². The lowest BCUT2D eigenvalue weighted by Crippen LogP contribution is -2.36. The maximum absolute atomic E-state index is 5.63. The van der Waals surface area contributed by atoms with E-state index < -0.39 is 0 Å². The van der Waals surface area contributed by atoms with E-state index in [1.807, 2.05) is 12.1 Å². The summed E-state index contributed by atoms with van der Waals surface area (Å²) in [5, 5.41) is 6.66. The molecule has 3 aromatic rings. The average molecular weight is 418 g/mol. The Morgan fingerprint density at radius 1 is 0.968 bits per heavy atom. The summed E-state index contributed by atoms with van der Waals surface area (Å²) in [7, 11) is 1.77. The zero-order chi connectivity index (χ0) is 21.5. The largest absolute Gasteiger partial charge is 0.444 e. The fraction of sp³-hybridized carbons (Fsp3) is 0.360. The molecule has 1 saturated heterocycles. The van der Waals surface area contributed by atoms with Crippen LogP contribution in [0.25, 0.3) is 11.5 Å². The second kappa shape index (κ2) is 10.3. The Morgan fingerprint density at radius 3 is 2.35 bits per heavy atom. The summed E-state index contributed by atoms with van der Waals surface area (Å²) in [5.74, 6) is 1.37. The van der Waals surface area contributed by atoms with Crippen LogP contribution in [0.3, 0.4) is 0 Å². The molecule has 0 atom stereocenters. The molecule has 4 rings (SSSR count). The number of nitrogens with one attached hydrogen (secondary N) is 2. The fourth-order valence-electron chi connectivity index (χ4n) is 3.76. The molecule has 0 amide bonds.